The molecule has 5 nitrogen and oxygen atoms in total. The molecule has 0 unspecified atom stereocenters. The van der Waals surface area contributed by atoms with Gasteiger partial charge in [0.1, 0.15) is 17.6 Å². The van der Waals surface area contributed by atoms with E-state index in [1.165, 1.54) is 29.2 Å². The second-order valence-corrected chi connectivity index (χ2v) is 7.80. The Hall–Kier alpha value is -2.41. The van der Waals surface area contributed by atoms with Crippen molar-refractivity contribution in [3.8, 4) is 5.75 Å². The quantitative estimate of drug-likeness (QED) is 0.601. The lowest BCUT2D eigenvalue weighted by molar-refractivity contribution is -0.142. The van der Waals surface area contributed by atoms with E-state index in [1.807, 2.05) is 38.1 Å². The van der Waals surface area contributed by atoms with E-state index in [9.17, 15) is 14.0 Å². The average Bonchev–Trinajstić information content (AvgIpc) is 2.70. The van der Waals surface area contributed by atoms with Crippen molar-refractivity contribution in [1.82, 2.24) is 10.2 Å². The van der Waals surface area contributed by atoms with Gasteiger partial charge in [-0.25, -0.2) is 4.39 Å². The van der Waals surface area contributed by atoms with Crippen LogP contribution < -0.4 is 10.1 Å². The second-order valence-electron chi connectivity index (χ2n) is 6.89. The standard InChI is InChI=1S/C22H26BrFN2O3/c1-4-15(2)25-22(28)16(3)26(13-17-6-5-7-18(23)12-17)21(27)14-29-20-10-8-19(24)9-11-20/h5-12,15-16H,4,13-14H2,1-3H3,(H,25,28)/t15-,16+/m0/s1. The molecule has 0 aliphatic heterocycles. The van der Waals surface area contributed by atoms with E-state index in [4.69, 9.17) is 4.74 Å². The number of halogens is 2. The third-order valence-electron chi connectivity index (χ3n) is 4.59. The van der Waals surface area contributed by atoms with Gasteiger partial charge >= 0.3 is 0 Å². The van der Waals surface area contributed by atoms with Crippen molar-refractivity contribution in [2.45, 2.75) is 45.8 Å². The van der Waals surface area contributed by atoms with E-state index < -0.39 is 6.04 Å². The second kappa shape index (κ2) is 11.0. The third-order valence-corrected chi connectivity index (χ3v) is 5.08. The first kappa shape index (κ1) is 22.9. The van der Waals surface area contributed by atoms with Crippen molar-refractivity contribution in [3.63, 3.8) is 0 Å². The van der Waals surface area contributed by atoms with Crippen LogP contribution in [-0.4, -0.2) is 35.4 Å². The highest BCUT2D eigenvalue weighted by molar-refractivity contribution is 9.10. The molecule has 2 rings (SSSR count). The summed E-state index contributed by atoms with van der Waals surface area (Å²) in [6.07, 6.45) is 0.797. The summed E-state index contributed by atoms with van der Waals surface area (Å²) in [6.45, 7) is 5.62. The highest BCUT2D eigenvalue weighted by Crippen LogP contribution is 2.16. The number of benzene rings is 2. The predicted molar refractivity (Wildman–Crippen MR) is 114 cm³/mol. The topological polar surface area (TPSA) is 58.6 Å². The van der Waals surface area contributed by atoms with Gasteiger partial charge in [-0.3, -0.25) is 9.59 Å². The molecular formula is C22H26BrFN2O3. The fourth-order valence-corrected chi connectivity index (χ4v) is 3.09. The number of hydrogen-bond donors (Lipinski definition) is 1. The first-order valence-corrected chi connectivity index (χ1v) is 10.3. The minimum atomic E-state index is -0.674. The molecule has 0 aliphatic rings. The molecule has 29 heavy (non-hydrogen) atoms. The zero-order chi connectivity index (χ0) is 21.4. The Kier molecular flexibility index (Phi) is 8.64. The summed E-state index contributed by atoms with van der Waals surface area (Å²) in [6, 6.07) is 12.4. The van der Waals surface area contributed by atoms with E-state index in [2.05, 4.69) is 21.2 Å². The van der Waals surface area contributed by atoms with Crippen LogP contribution in [0.15, 0.2) is 53.0 Å². The minimum Gasteiger partial charge on any atom is -0.484 e. The maximum absolute atomic E-state index is 13.0. The molecule has 0 aliphatic carbocycles. The summed E-state index contributed by atoms with van der Waals surface area (Å²) in [5.41, 5.74) is 0.887. The Morgan fingerprint density at radius 3 is 2.48 bits per heavy atom. The molecule has 7 heteroatoms. The largest absolute Gasteiger partial charge is 0.484 e. The fraction of sp³-hybridized carbons (Fsp3) is 0.364. The lowest BCUT2D eigenvalue weighted by atomic mass is 10.1. The van der Waals surface area contributed by atoms with Crippen molar-refractivity contribution in [3.05, 3.63) is 64.4 Å². The predicted octanol–water partition coefficient (Wildman–Crippen LogP) is 4.30. The van der Waals surface area contributed by atoms with Crippen molar-refractivity contribution >= 4 is 27.7 Å². The lowest BCUT2D eigenvalue weighted by Gasteiger charge is -2.29. The van der Waals surface area contributed by atoms with Crippen molar-refractivity contribution < 1.29 is 18.7 Å². The van der Waals surface area contributed by atoms with E-state index in [0.29, 0.717) is 5.75 Å². The van der Waals surface area contributed by atoms with E-state index in [1.54, 1.807) is 6.92 Å². The van der Waals surface area contributed by atoms with E-state index >= 15 is 0 Å². The smallest absolute Gasteiger partial charge is 0.261 e. The number of amides is 2. The summed E-state index contributed by atoms with van der Waals surface area (Å²) in [5.74, 6) is -0.542. The molecule has 2 aromatic carbocycles. The lowest BCUT2D eigenvalue weighted by Crippen LogP contribution is -2.50. The van der Waals surface area contributed by atoms with Crippen LogP contribution in [0.4, 0.5) is 4.39 Å². The number of nitrogens with zero attached hydrogens (tertiary/aromatic N) is 1. The van der Waals surface area contributed by atoms with Crippen LogP contribution >= 0.6 is 15.9 Å². The van der Waals surface area contributed by atoms with Gasteiger partial charge in [-0.05, 0) is 62.2 Å². The van der Waals surface area contributed by atoms with Crippen LogP contribution in [0.2, 0.25) is 0 Å². The van der Waals surface area contributed by atoms with Gasteiger partial charge in [-0.15, -0.1) is 0 Å². The Morgan fingerprint density at radius 2 is 1.86 bits per heavy atom. The van der Waals surface area contributed by atoms with Gasteiger partial charge in [0.25, 0.3) is 5.91 Å². The summed E-state index contributed by atoms with van der Waals surface area (Å²) in [4.78, 5) is 27.0. The van der Waals surface area contributed by atoms with Crippen molar-refractivity contribution in [2.24, 2.45) is 0 Å². The molecule has 0 fully saturated rings. The molecule has 2 atom stereocenters. The highest BCUT2D eigenvalue weighted by atomic mass is 79.9. The van der Waals surface area contributed by atoms with Gasteiger partial charge in [-0.1, -0.05) is 35.0 Å². The third kappa shape index (κ3) is 7.16. The van der Waals surface area contributed by atoms with E-state index in [-0.39, 0.29) is 36.8 Å². The number of ether oxygens (including phenoxy) is 1. The maximum Gasteiger partial charge on any atom is 0.261 e. The Morgan fingerprint density at radius 1 is 1.17 bits per heavy atom. The molecular weight excluding hydrogens is 439 g/mol. The molecule has 0 radical (unpaired) electrons. The summed E-state index contributed by atoms with van der Waals surface area (Å²) in [7, 11) is 0. The maximum atomic E-state index is 13.0. The van der Waals surface area contributed by atoms with Crippen LogP contribution in [0.25, 0.3) is 0 Å². The number of hydrogen-bond acceptors (Lipinski definition) is 3. The average molecular weight is 465 g/mol. The van der Waals surface area contributed by atoms with Gasteiger partial charge in [0, 0.05) is 17.1 Å². The minimum absolute atomic E-state index is 0.0169. The van der Waals surface area contributed by atoms with Crippen LogP contribution in [-0.2, 0) is 16.1 Å². The Balaban J connectivity index is 2.14. The highest BCUT2D eigenvalue weighted by Gasteiger charge is 2.27. The van der Waals surface area contributed by atoms with Gasteiger partial charge in [0.05, 0.1) is 0 Å². The summed E-state index contributed by atoms with van der Waals surface area (Å²) >= 11 is 3.43. The molecule has 156 valence electrons. The SMILES string of the molecule is CC[C@H](C)NC(=O)[C@@H](C)N(Cc1cccc(Br)c1)C(=O)COc1ccc(F)cc1. The van der Waals surface area contributed by atoms with Crippen LogP contribution in [0.3, 0.4) is 0 Å². The zero-order valence-corrected chi connectivity index (χ0v) is 18.4. The summed E-state index contributed by atoms with van der Waals surface area (Å²) in [5, 5.41) is 2.92. The van der Waals surface area contributed by atoms with Gasteiger partial charge < -0.3 is 15.0 Å². The van der Waals surface area contributed by atoms with Crippen molar-refractivity contribution in [1.29, 1.82) is 0 Å². The van der Waals surface area contributed by atoms with E-state index in [0.717, 1.165) is 16.5 Å². The van der Waals surface area contributed by atoms with Crippen LogP contribution in [0.5, 0.6) is 5.75 Å². The first-order chi connectivity index (χ1) is 13.8. The molecule has 0 bridgehead atoms. The Labute approximate surface area is 179 Å². The summed E-state index contributed by atoms with van der Waals surface area (Å²) < 4.78 is 19.4. The number of nitrogens with one attached hydrogen (secondary N) is 1. The number of carbonyl (C=O) groups excluding carboxylic acids is 2. The van der Waals surface area contributed by atoms with Gasteiger partial charge in [-0.2, -0.15) is 0 Å². The number of carbonyl (C=O) groups is 2. The molecule has 2 aromatic rings. The monoisotopic (exact) mass is 464 g/mol. The molecule has 0 heterocycles. The molecule has 0 spiro atoms. The first-order valence-electron chi connectivity index (χ1n) is 9.52. The zero-order valence-electron chi connectivity index (χ0n) is 16.8. The fourth-order valence-electron chi connectivity index (χ4n) is 2.64. The van der Waals surface area contributed by atoms with Crippen LogP contribution in [0, 0.1) is 5.82 Å². The van der Waals surface area contributed by atoms with Gasteiger partial charge in [0.2, 0.25) is 5.91 Å². The number of rotatable bonds is 9. The normalized spacial score (nSPS) is 12.7. The Bertz CT molecular complexity index is 829. The molecule has 0 aromatic heterocycles. The molecule has 1 N–H and O–H groups in total. The van der Waals surface area contributed by atoms with Crippen LogP contribution in [0.1, 0.15) is 32.8 Å². The molecule has 0 saturated heterocycles. The molecule has 0 saturated carbocycles. The van der Waals surface area contributed by atoms with Gasteiger partial charge in [0.15, 0.2) is 6.61 Å². The molecule has 2 amide bonds. The van der Waals surface area contributed by atoms with Crippen molar-refractivity contribution in [2.75, 3.05) is 6.61 Å².